The summed E-state index contributed by atoms with van der Waals surface area (Å²) < 4.78 is 0. The van der Waals surface area contributed by atoms with Crippen molar-refractivity contribution < 1.29 is 0 Å². The molecule has 0 saturated heterocycles. The molecule has 0 heterocycles. The van der Waals surface area contributed by atoms with Crippen LogP contribution in [-0.4, -0.2) is 0 Å². The van der Waals surface area contributed by atoms with Crippen molar-refractivity contribution in [3.05, 3.63) is 48.0 Å². The van der Waals surface area contributed by atoms with Gasteiger partial charge in [0.15, 0.2) is 0 Å². The van der Waals surface area contributed by atoms with Crippen LogP contribution in [0.1, 0.15) is 32.3 Å². The van der Waals surface area contributed by atoms with Gasteiger partial charge in [-0.25, -0.2) is 0 Å². The molecule has 0 aliphatic rings. The Kier molecular flexibility index (Phi) is 2.77. The van der Waals surface area contributed by atoms with E-state index in [0.29, 0.717) is 11.8 Å². The molecule has 2 aromatic carbocycles. The Hall–Kier alpha value is -1.30. The van der Waals surface area contributed by atoms with Crippen LogP contribution in [-0.2, 0) is 0 Å². The van der Waals surface area contributed by atoms with Gasteiger partial charge in [0.1, 0.15) is 0 Å². The summed E-state index contributed by atoms with van der Waals surface area (Å²) in [6, 6.07) is 16.3. The standard InChI is InChI=1S/C15H17/c1-11(2)12(3)14-9-8-13-6-4-5-7-15(13)10-14/h4-9,11-12H,1-3H3. The van der Waals surface area contributed by atoms with Crippen LogP contribution in [0.25, 0.3) is 10.8 Å². The van der Waals surface area contributed by atoms with Gasteiger partial charge in [-0.3, -0.25) is 0 Å². The van der Waals surface area contributed by atoms with Crippen molar-refractivity contribution >= 4 is 10.8 Å². The van der Waals surface area contributed by atoms with Crippen molar-refractivity contribution in [3.8, 4) is 0 Å². The lowest BCUT2D eigenvalue weighted by molar-refractivity contribution is 0.535. The zero-order chi connectivity index (χ0) is 10.8. The molecule has 0 N–H and O–H groups in total. The van der Waals surface area contributed by atoms with E-state index in [1.165, 1.54) is 16.3 Å². The Labute approximate surface area is 91.9 Å². The molecule has 2 aromatic rings. The normalized spacial score (nSPS) is 13.3. The average Bonchev–Trinajstić information content (AvgIpc) is 2.27. The quantitative estimate of drug-likeness (QED) is 0.669. The maximum Gasteiger partial charge on any atom is -0.00614 e. The zero-order valence-corrected chi connectivity index (χ0v) is 9.62. The highest BCUT2D eigenvalue weighted by Gasteiger charge is 2.10. The molecule has 0 saturated carbocycles. The highest BCUT2D eigenvalue weighted by molar-refractivity contribution is 5.82. The number of hydrogen-bond acceptors (Lipinski definition) is 0. The first-order valence-corrected chi connectivity index (χ1v) is 5.59. The number of fused-ring (bicyclic) bond motifs is 1. The molecule has 77 valence electrons. The Balaban J connectivity index is 2.47. The van der Waals surface area contributed by atoms with E-state index in [4.69, 9.17) is 0 Å². The van der Waals surface area contributed by atoms with E-state index < -0.39 is 0 Å². The van der Waals surface area contributed by atoms with Gasteiger partial charge in [-0.05, 0) is 34.2 Å². The van der Waals surface area contributed by atoms with Crippen molar-refractivity contribution in [2.75, 3.05) is 0 Å². The summed E-state index contributed by atoms with van der Waals surface area (Å²) in [6.45, 7) is 6.78. The molecule has 15 heavy (non-hydrogen) atoms. The summed E-state index contributed by atoms with van der Waals surface area (Å²) in [7, 11) is 0. The first-order chi connectivity index (χ1) is 7.18. The van der Waals surface area contributed by atoms with Crippen LogP contribution in [0.5, 0.6) is 0 Å². The molecule has 0 aliphatic heterocycles. The van der Waals surface area contributed by atoms with Crippen molar-refractivity contribution in [1.82, 2.24) is 0 Å². The number of hydrogen-bond donors (Lipinski definition) is 0. The average molecular weight is 197 g/mol. The summed E-state index contributed by atoms with van der Waals surface area (Å²) in [6.07, 6.45) is 0. The highest BCUT2D eigenvalue weighted by Crippen LogP contribution is 2.26. The van der Waals surface area contributed by atoms with Crippen LogP contribution < -0.4 is 0 Å². The lowest BCUT2D eigenvalue weighted by atomic mass is 9.89. The third-order valence-corrected chi connectivity index (χ3v) is 3.17. The maximum atomic E-state index is 3.51. The molecule has 1 unspecified atom stereocenters. The van der Waals surface area contributed by atoms with E-state index in [2.05, 4.69) is 63.2 Å². The fourth-order valence-electron chi connectivity index (χ4n) is 1.76. The van der Waals surface area contributed by atoms with Gasteiger partial charge >= 0.3 is 0 Å². The second-order valence-electron chi connectivity index (χ2n) is 4.53. The van der Waals surface area contributed by atoms with E-state index >= 15 is 0 Å². The Morgan fingerprint density at radius 3 is 2.40 bits per heavy atom. The first kappa shape index (κ1) is 10.2. The summed E-state index contributed by atoms with van der Waals surface area (Å²) in [4.78, 5) is 0. The van der Waals surface area contributed by atoms with Gasteiger partial charge in [-0.2, -0.15) is 0 Å². The minimum atomic E-state index is 0.578. The first-order valence-electron chi connectivity index (χ1n) is 5.59. The van der Waals surface area contributed by atoms with Crippen LogP contribution in [0.15, 0.2) is 36.4 Å². The lowest BCUT2D eigenvalue weighted by Gasteiger charge is -2.15. The Bertz CT molecular complexity index is 454. The molecular weight excluding hydrogens is 180 g/mol. The predicted molar refractivity (Wildman–Crippen MR) is 66.0 cm³/mol. The van der Waals surface area contributed by atoms with Gasteiger partial charge in [-0.1, -0.05) is 57.2 Å². The Morgan fingerprint density at radius 1 is 0.933 bits per heavy atom. The van der Waals surface area contributed by atoms with Gasteiger partial charge in [0.05, 0.1) is 0 Å². The van der Waals surface area contributed by atoms with Crippen LogP contribution in [0.4, 0.5) is 0 Å². The van der Waals surface area contributed by atoms with E-state index in [1.54, 1.807) is 0 Å². The number of benzene rings is 2. The molecule has 0 spiro atoms. The monoisotopic (exact) mass is 197 g/mol. The number of rotatable bonds is 2. The third kappa shape index (κ3) is 2.04. The summed E-state index contributed by atoms with van der Waals surface area (Å²) in [5, 5.41) is 2.50. The fourth-order valence-corrected chi connectivity index (χ4v) is 1.76. The SMILES string of the molecule is CC(C)C(C)c1[c]c2ccccc2cc1. The molecule has 1 radical (unpaired) electrons. The minimum absolute atomic E-state index is 0.578. The molecule has 0 fully saturated rings. The predicted octanol–water partition coefficient (Wildman–Crippen LogP) is 4.40. The van der Waals surface area contributed by atoms with Gasteiger partial charge in [0.2, 0.25) is 0 Å². The van der Waals surface area contributed by atoms with Gasteiger partial charge < -0.3 is 0 Å². The van der Waals surface area contributed by atoms with Crippen LogP contribution >= 0.6 is 0 Å². The fraction of sp³-hybridized carbons (Fsp3) is 0.333. The molecule has 1 atom stereocenters. The molecule has 0 bridgehead atoms. The van der Waals surface area contributed by atoms with E-state index in [9.17, 15) is 0 Å². The van der Waals surface area contributed by atoms with E-state index in [-0.39, 0.29) is 0 Å². The smallest absolute Gasteiger partial charge is 0.00614 e. The molecule has 0 nitrogen and oxygen atoms in total. The topological polar surface area (TPSA) is 0 Å². The summed E-state index contributed by atoms with van der Waals surface area (Å²) in [5.74, 6) is 1.25. The third-order valence-electron chi connectivity index (χ3n) is 3.17. The molecule has 0 heteroatoms. The van der Waals surface area contributed by atoms with E-state index in [1.807, 2.05) is 0 Å². The van der Waals surface area contributed by atoms with Crippen molar-refractivity contribution in [2.24, 2.45) is 5.92 Å². The molecule has 0 amide bonds. The van der Waals surface area contributed by atoms with Crippen molar-refractivity contribution in [3.63, 3.8) is 0 Å². The molecule has 0 aromatic heterocycles. The van der Waals surface area contributed by atoms with Crippen molar-refractivity contribution in [2.45, 2.75) is 26.7 Å². The van der Waals surface area contributed by atoms with Gasteiger partial charge in [-0.15, -0.1) is 0 Å². The van der Waals surface area contributed by atoms with Crippen LogP contribution in [0.2, 0.25) is 0 Å². The summed E-state index contributed by atoms with van der Waals surface area (Å²) >= 11 is 0. The maximum absolute atomic E-state index is 3.51. The second-order valence-corrected chi connectivity index (χ2v) is 4.53. The second kappa shape index (κ2) is 4.06. The Morgan fingerprint density at radius 2 is 1.67 bits per heavy atom. The zero-order valence-electron chi connectivity index (χ0n) is 9.62. The lowest BCUT2D eigenvalue weighted by Crippen LogP contribution is -2.01. The van der Waals surface area contributed by atoms with Crippen molar-refractivity contribution in [1.29, 1.82) is 0 Å². The molecular formula is C15H17. The van der Waals surface area contributed by atoms with E-state index in [0.717, 1.165) is 0 Å². The molecule has 0 aliphatic carbocycles. The summed E-state index contributed by atoms with van der Waals surface area (Å²) in [5.41, 5.74) is 1.32. The van der Waals surface area contributed by atoms with Gasteiger partial charge in [0.25, 0.3) is 0 Å². The highest BCUT2D eigenvalue weighted by atomic mass is 14.1. The molecule has 2 rings (SSSR count). The largest absolute Gasteiger partial charge is 0.0622 e. The minimum Gasteiger partial charge on any atom is -0.0622 e. The van der Waals surface area contributed by atoms with Crippen LogP contribution in [0.3, 0.4) is 0 Å². The van der Waals surface area contributed by atoms with Gasteiger partial charge in [0, 0.05) is 0 Å². The van der Waals surface area contributed by atoms with Crippen LogP contribution in [0, 0.1) is 12.0 Å².